The van der Waals surface area contributed by atoms with Gasteiger partial charge in [-0.15, -0.1) is 0 Å². The van der Waals surface area contributed by atoms with Crippen molar-refractivity contribution in [2.45, 2.75) is 5.60 Å². The first-order valence-corrected chi connectivity index (χ1v) is 8.62. The zero-order valence-electron chi connectivity index (χ0n) is 13.6. The highest BCUT2D eigenvalue weighted by Gasteiger charge is 2.37. The molecule has 3 rings (SSSR count). The SMILES string of the molecule is O=C(c1ccc(Cl)cc1)[C@@](O)(C#Cc1ccccc1)c1ccc(Cl)cc1. The molecule has 0 unspecified atom stereocenters. The van der Waals surface area contributed by atoms with Crippen molar-refractivity contribution in [1.82, 2.24) is 0 Å². The Hall–Kier alpha value is -2.57. The van der Waals surface area contributed by atoms with Gasteiger partial charge in [0.05, 0.1) is 0 Å². The number of aliphatic hydroxyl groups is 1. The Morgan fingerprint density at radius 3 is 1.92 bits per heavy atom. The number of hydrogen-bond acceptors (Lipinski definition) is 2. The quantitative estimate of drug-likeness (QED) is 0.505. The molecule has 0 aromatic heterocycles. The summed E-state index contributed by atoms with van der Waals surface area (Å²) in [6.45, 7) is 0. The van der Waals surface area contributed by atoms with E-state index in [0.29, 0.717) is 26.7 Å². The molecule has 0 aliphatic heterocycles. The lowest BCUT2D eigenvalue weighted by atomic mass is 9.86. The molecule has 4 heteroatoms. The number of Topliss-reactive ketones (excluding diaryl/α,β-unsaturated/α-hetero) is 1. The summed E-state index contributed by atoms with van der Waals surface area (Å²) in [4.78, 5) is 13.1. The molecule has 0 amide bonds. The van der Waals surface area contributed by atoms with E-state index in [-0.39, 0.29) is 0 Å². The first-order valence-electron chi connectivity index (χ1n) is 7.86. The zero-order chi connectivity index (χ0) is 18.6. The molecule has 0 saturated heterocycles. The standard InChI is InChI=1S/C22H14Cl2O2/c23-19-10-6-17(7-11-19)21(25)22(26,18-8-12-20(24)13-9-18)15-14-16-4-2-1-3-5-16/h1-13,26H/t22-/m1/s1. The number of carbonyl (C=O) groups excluding carboxylic acids is 1. The first-order chi connectivity index (χ1) is 12.5. The Balaban J connectivity index is 2.09. The maximum atomic E-state index is 13.1. The van der Waals surface area contributed by atoms with E-state index in [0.717, 1.165) is 0 Å². The summed E-state index contributed by atoms with van der Waals surface area (Å²) in [5, 5.41) is 12.2. The van der Waals surface area contributed by atoms with E-state index in [1.54, 1.807) is 48.5 Å². The minimum absolute atomic E-state index is 0.314. The Kier molecular flexibility index (Phi) is 5.44. The third kappa shape index (κ3) is 3.98. The summed E-state index contributed by atoms with van der Waals surface area (Å²) in [5.74, 6) is 5.09. The Bertz CT molecular complexity index is 969. The fourth-order valence-electron chi connectivity index (χ4n) is 2.45. The lowest BCUT2D eigenvalue weighted by Gasteiger charge is -2.21. The van der Waals surface area contributed by atoms with Crippen LogP contribution in [0, 0.1) is 11.8 Å². The van der Waals surface area contributed by atoms with Crippen molar-refractivity contribution in [2.75, 3.05) is 0 Å². The third-order valence-electron chi connectivity index (χ3n) is 3.86. The largest absolute Gasteiger partial charge is 0.367 e. The molecule has 128 valence electrons. The van der Waals surface area contributed by atoms with Crippen molar-refractivity contribution in [2.24, 2.45) is 0 Å². The van der Waals surface area contributed by atoms with Gasteiger partial charge in [0.15, 0.2) is 0 Å². The Morgan fingerprint density at radius 2 is 1.35 bits per heavy atom. The number of benzene rings is 3. The van der Waals surface area contributed by atoms with Crippen molar-refractivity contribution in [3.8, 4) is 11.8 Å². The molecule has 0 fully saturated rings. The number of rotatable bonds is 3. The van der Waals surface area contributed by atoms with Crippen LogP contribution in [0.3, 0.4) is 0 Å². The number of halogens is 2. The molecule has 26 heavy (non-hydrogen) atoms. The van der Waals surface area contributed by atoms with Gasteiger partial charge in [0.2, 0.25) is 11.4 Å². The summed E-state index contributed by atoms with van der Waals surface area (Å²) in [7, 11) is 0. The van der Waals surface area contributed by atoms with Gasteiger partial charge in [-0.05, 0) is 54.5 Å². The third-order valence-corrected chi connectivity index (χ3v) is 4.36. The van der Waals surface area contributed by atoms with Crippen LogP contribution in [0.2, 0.25) is 10.0 Å². The van der Waals surface area contributed by atoms with Gasteiger partial charge in [0.1, 0.15) is 0 Å². The first kappa shape index (κ1) is 18.2. The van der Waals surface area contributed by atoms with Crippen LogP contribution in [-0.2, 0) is 5.60 Å². The second-order valence-corrected chi connectivity index (χ2v) is 6.54. The average molecular weight is 381 g/mol. The number of hydrogen-bond donors (Lipinski definition) is 1. The van der Waals surface area contributed by atoms with Crippen LogP contribution in [0.4, 0.5) is 0 Å². The Labute approximate surface area is 162 Å². The number of ketones is 1. The lowest BCUT2D eigenvalue weighted by molar-refractivity contribution is 0.0554. The predicted octanol–water partition coefficient (Wildman–Crippen LogP) is 5.12. The van der Waals surface area contributed by atoms with E-state index in [9.17, 15) is 9.90 Å². The van der Waals surface area contributed by atoms with Crippen molar-refractivity contribution >= 4 is 29.0 Å². The smallest absolute Gasteiger partial charge is 0.215 e. The fraction of sp³-hybridized carbons (Fsp3) is 0.0455. The molecule has 0 aliphatic carbocycles. The van der Waals surface area contributed by atoms with E-state index >= 15 is 0 Å². The van der Waals surface area contributed by atoms with Crippen LogP contribution in [-0.4, -0.2) is 10.9 Å². The molecular formula is C22H14Cl2O2. The van der Waals surface area contributed by atoms with Crippen molar-refractivity contribution < 1.29 is 9.90 Å². The highest BCUT2D eigenvalue weighted by molar-refractivity contribution is 6.31. The molecule has 1 atom stereocenters. The molecule has 3 aromatic rings. The van der Waals surface area contributed by atoms with Gasteiger partial charge in [0.25, 0.3) is 0 Å². The molecule has 0 bridgehead atoms. The maximum Gasteiger partial charge on any atom is 0.215 e. The van der Waals surface area contributed by atoms with Crippen LogP contribution in [0.15, 0.2) is 78.9 Å². The molecule has 0 radical (unpaired) electrons. The molecule has 0 saturated carbocycles. The molecule has 3 aromatic carbocycles. The minimum Gasteiger partial charge on any atom is -0.367 e. The topological polar surface area (TPSA) is 37.3 Å². The predicted molar refractivity (Wildman–Crippen MR) is 104 cm³/mol. The summed E-state index contributed by atoms with van der Waals surface area (Å²) in [6, 6.07) is 21.9. The summed E-state index contributed by atoms with van der Waals surface area (Å²) < 4.78 is 0. The normalized spacial score (nSPS) is 12.6. The van der Waals surface area contributed by atoms with Crippen molar-refractivity contribution in [1.29, 1.82) is 0 Å². The second kappa shape index (κ2) is 7.76. The van der Waals surface area contributed by atoms with E-state index in [1.165, 1.54) is 0 Å². The van der Waals surface area contributed by atoms with Gasteiger partial charge < -0.3 is 5.11 Å². The van der Waals surface area contributed by atoms with Crippen LogP contribution in [0.1, 0.15) is 21.5 Å². The van der Waals surface area contributed by atoms with Crippen LogP contribution >= 0.6 is 23.2 Å². The number of carbonyl (C=O) groups is 1. The van der Waals surface area contributed by atoms with Gasteiger partial charge in [-0.25, -0.2) is 0 Å². The monoisotopic (exact) mass is 380 g/mol. The summed E-state index contributed by atoms with van der Waals surface area (Å²) >= 11 is 11.8. The fourth-order valence-corrected chi connectivity index (χ4v) is 2.70. The average Bonchev–Trinajstić information content (AvgIpc) is 2.67. The van der Waals surface area contributed by atoms with E-state index < -0.39 is 11.4 Å². The molecular weight excluding hydrogens is 367 g/mol. The zero-order valence-corrected chi connectivity index (χ0v) is 15.1. The van der Waals surface area contributed by atoms with Gasteiger partial charge in [0, 0.05) is 26.7 Å². The van der Waals surface area contributed by atoms with Crippen LogP contribution in [0.5, 0.6) is 0 Å². The summed E-state index contributed by atoms with van der Waals surface area (Å²) in [6.07, 6.45) is 0. The molecule has 1 N–H and O–H groups in total. The van der Waals surface area contributed by atoms with Crippen molar-refractivity contribution in [3.63, 3.8) is 0 Å². The minimum atomic E-state index is -2.01. The molecule has 2 nitrogen and oxygen atoms in total. The van der Waals surface area contributed by atoms with Gasteiger partial charge in [-0.3, -0.25) is 4.79 Å². The van der Waals surface area contributed by atoms with Crippen LogP contribution < -0.4 is 0 Å². The highest BCUT2D eigenvalue weighted by Crippen LogP contribution is 2.27. The van der Waals surface area contributed by atoms with Gasteiger partial charge in [-0.2, -0.15) is 0 Å². The maximum absolute atomic E-state index is 13.1. The molecule has 0 spiro atoms. The Morgan fingerprint density at radius 1 is 0.808 bits per heavy atom. The molecule has 0 heterocycles. The van der Waals surface area contributed by atoms with E-state index in [4.69, 9.17) is 23.2 Å². The second-order valence-electron chi connectivity index (χ2n) is 5.67. The van der Waals surface area contributed by atoms with Crippen molar-refractivity contribution in [3.05, 3.63) is 106 Å². The van der Waals surface area contributed by atoms with Gasteiger partial charge >= 0.3 is 0 Å². The van der Waals surface area contributed by atoms with Crippen LogP contribution in [0.25, 0.3) is 0 Å². The lowest BCUT2D eigenvalue weighted by Crippen LogP contribution is -2.34. The highest BCUT2D eigenvalue weighted by atomic mass is 35.5. The molecule has 0 aliphatic rings. The van der Waals surface area contributed by atoms with E-state index in [1.807, 2.05) is 30.3 Å². The van der Waals surface area contributed by atoms with Gasteiger partial charge in [-0.1, -0.05) is 59.5 Å². The van der Waals surface area contributed by atoms with E-state index in [2.05, 4.69) is 11.8 Å². The summed E-state index contributed by atoms with van der Waals surface area (Å²) in [5.41, 5.74) is -0.642.